The molecule has 1 aromatic heterocycles. The van der Waals surface area contributed by atoms with Crippen molar-refractivity contribution >= 4 is 22.6 Å². The lowest BCUT2D eigenvalue weighted by atomic mass is 10.0. The fourth-order valence-corrected chi connectivity index (χ4v) is 4.73. The first-order valence-electron chi connectivity index (χ1n) is 13.1. The Labute approximate surface area is 219 Å². The van der Waals surface area contributed by atoms with Crippen LogP contribution in [0.4, 0.5) is 10.5 Å². The molecule has 192 valence electrons. The fraction of sp³-hybridized carbons (Fsp3) is 0.323. The van der Waals surface area contributed by atoms with E-state index in [1.165, 1.54) is 5.56 Å². The number of hydrogen-bond acceptors (Lipinski definition) is 3. The number of carbonyl (C=O) groups excluding carboxylic acids is 1. The third kappa shape index (κ3) is 5.91. The monoisotopic (exact) mass is 496 g/mol. The second kappa shape index (κ2) is 11.9. The van der Waals surface area contributed by atoms with Crippen molar-refractivity contribution in [1.29, 1.82) is 0 Å². The predicted molar refractivity (Wildman–Crippen MR) is 151 cm³/mol. The summed E-state index contributed by atoms with van der Waals surface area (Å²) in [5.74, 6) is 1.04. The summed E-state index contributed by atoms with van der Waals surface area (Å²) in [6.07, 6.45) is 1.32. The van der Waals surface area contributed by atoms with Gasteiger partial charge in [0.05, 0.1) is 16.9 Å². The van der Waals surface area contributed by atoms with E-state index in [9.17, 15) is 9.59 Å². The molecule has 6 heteroatoms. The van der Waals surface area contributed by atoms with Crippen molar-refractivity contribution in [3.05, 3.63) is 106 Å². The van der Waals surface area contributed by atoms with E-state index in [-0.39, 0.29) is 17.6 Å². The van der Waals surface area contributed by atoms with Crippen molar-refractivity contribution in [2.45, 2.75) is 59.0 Å². The maximum Gasteiger partial charge on any atom is 0.322 e. The summed E-state index contributed by atoms with van der Waals surface area (Å²) in [6.45, 7) is 9.24. The number of rotatable bonds is 9. The Morgan fingerprint density at radius 2 is 1.62 bits per heavy atom. The molecule has 0 fully saturated rings. The highest BCUT2D eigenvalue weighted by molar-refractivity contribution is 5.89. The summed E-state index contributed by atoms with van der Waals surface area (Å²) in [5.41, 5.74) is 3.69. The third-order valence-corrected chi connectivity index (χ3v) is 6.84. The number of fused-ring (bicyclic) bond motifs is 1. The van der Waals surface area contributed by atoms with Gasteiger partial charge in [0, 0.05) is 18.8 Å². The second-order valence-electron chi connectivity index (χ2n) is 9.60. The molecular formula is C31H36N4O2. The summed E-state index contributed by atoms with van der Waals surface area (Å²) in [6, 6.07) is 25.0. The van der Waals surface area contributed by atoms with Crippen LogP contribution in [0.5, 0.6) is 0 Å². The minimum absolute atomic E-state index is 0.0748. The van der Waals surface area contributed by atoms with Gasteiger partial charge in [-0.2, -0.15) is 0 Å². The van der Waals surface area contributed by atoms with Gasteiger partial charge in [0.1, 0.15) is 5.82 Å². The molecule has 0 aliphatic carbocycles. The summed E-state index contributed by atoms with van der Waals surface area (Å²) in [7, 11) is 0. The van der Waals surface area contributed by atoms with Gasteiger partial charge in [-0.05, 0) is 61.1 Å². The van der Waals surface area contributed by atoms with Gasteiger partial charge < -0.3 is 10.2 Å². The molecule has 0 spiro atoms. The van der Waals surface area contributed by atoms with E-state index in [4.69, 9.17) is 4.98 Å². The molecule has 0 aliphatic heterocycles. The van der Waals surface area contributed by atoms with E-state index in [2.05, 4.69) is 31.3 Å². The molecule has 0 radical (unpaired) electrons. The lowest BCUT2D eigenvalue weighted by Crippen LogP contribution is -2.42. The number of anilines is 1. The minimum atomic E-state index is -0.365. The zero-order chi connectivity index (χ0) is 26.4. The number of aromatic nitrogens is 2. The summed E-state index contributed by atoms with van der Waals surface area (Å²) in [4.78, 5) is 33.9. The van der Waals surface area contributed by atoms with E-state index in [0.717, 1.165) is 11.3 Å². The molecular weight excluding hydrogens is 460 g/mol. The smallest absolute Gasteiger partial charge is 0.314 e. The van der Waals surface area contributed by atoms with E-state index in [1.54, 1.807) is 4.57 Å². The quantitative estimate of drug-likeness (QED) is 0.278. The number of urea groups is 1. The van der Waals surface area contributed by atoms with Gasteiger partial charge in [0.25, 0.3) is 5.56 Å². The fourth-order valence-electron chi connectivity index (χ4n) is 4.73. The number of nitrogens with zero attached hydrogens (tertiary/aromatic N) is 3. The number of para-hydroxylation sites is 1. The topological polar surface area (TPSA) is 67.2 Å². The predicted octanol–water partition coefficient (Wildman–Crippen LogP) is 6.77. The molecule has 0 bridgehead atoms. The molecule has 1 N–H and O–H groups in total. The van der Waals surface area contributed by atoms with Crippen molar-refractivity contribution in [2.75, 3.05) is 11.9 Å². The van der Waals surface area contributed by atoms with Crippen LogP contribution >= 0.6 is 0 Å². The van der Waals surface area contributed by atoms with Crippen LogP contribution in [0.2, 0.25) is 0 Å². The van der Waals surface area contributed by atoms with Gasteiger partial charge in [-0.3, -0.25) is 9.36 Å². The molecule has 3 aromatic carbocycles. The third-order valence-electron chi connectivity index (χ3n) is 6.84. The molecule has 37 heavy (non-hydrogen) atoms. The van der Waals surface area contributed by atoms with Gasteiger partial charge in [-0.15, -0.1) is 0 Å². The normalized spacial score (nSPS) is 12.0. The van der Waals surface area contributed by atoms with Gasteiger partial charge >= 0.3 is 6.03 Å². The van der Waals surface area contributed by atoms with Crippen molar-refractivity contribution in [2.24, 2.45) is 0 Å². The molecule has 4 rings (SSSR count). The Morgan fingerprint density at radius 1 is 0.946 bits per heavy atom. The van der Waals surface area contributed by atoms with Crippen LogP contribution in [0.25, 0.3) is 10.9 Å². The first-order valence-corrected chi connectivity index (χ1v) is 13.1. The molecule has 1 heterocycles. The molecule has 0 saturated carbocycles. The Morgan fingerprint density at radius 3 is 2.27 bits per heavy atom. The highest BCUT2D eigenvalue weighted by Gasteiger charge is 2.28. The molecule has 0 saturated heterocycles. The molecule has 1 atom stereocenters. The second-order valence-corrected chi connectivity index (χ2v) is 9.60. The molecule has 1 unspecified atom stereocenters. The van der Waals surface area contributed by atoms with Crippen molar-refractivity contribution in [3.63, 3.8) is 0 Å². The molecule has 6 nitrogen and oxygen atoms in total. The van der Waals surface area contributed by atoms with E-state index in [1.807, 2.05) is 85.5 Å². The lowest BCUT2D eigenvalue weighted by Gasteiger charge is -2.32. The zero-order valence-corrected chi connectivity index (χ0v) is 22.1. The van der Waals surface area contributed by atoms with Crippen LogP contribution in [0.3, 0.4) is 0 Å². The Balaban J connectivity index is 1.72. The van der Waals surface area contributed by atoms with Crippen LogP contribution < -0.4 is 10.9 Å². The van der Waals surface area contributed by atoms with Crippen LogP contribution in [0, 0.1) is 0 Å². The molecule has 4 aromatic rings. The maximum absolute atomic E-state index is 13.8. The van der Waals surface area contributed by atoms with Crippen molar-refractivity contribution < 1.29 is 4.79 Å². The minimum Gasteiger partial charge on any atom is -0.314 e. The summed E-state index contributed by atoms with van der Waals surface area (Å²) in [5, 5.41) is 3.68. The van der Waals surface area contributed by atoms with E-state index in [0.29, 0.717) is 48.6 Å². The van der Waals surface area contributed by atoms with Crippen LogP contribution in [-0.2, 0) is 13.0 Å². The van der Waals surface area contributed by atoms with Crippen molar-refractivity contribution in [3.8, 4) is 0 Å². The average molecular weight is 497 g/mol. The highest BCUT2D eigenvalue weighted by Crippen LogP contribution is 2.26. The van der Waals surface area contributed by atoms with E-state index < -0.39 is 0 Å². The number of carbonyl (C=O) groups is 1. The average Bonchev–Trinajstić information content (AvgIpc) is 2.92. The summed E-state index contributed by atoms with van der Waals surface area (Å²) >= 11 is 0. The number of amides is 2. The van der Waals surface area contributed by atoms with Gasteiger partial charge in [0.15, 0.2) is 0 Å². The lowest BCUT2D eigenvalue weighted by molar-refractivity contribution is 0.181. The van der Waals surface area contributed by atoms with Gasteiger partial charge in [0.2, 0.25) is 0 Å². The molecule has 0 aliphatic rings. The number of nitrogens with one attached hydrogen (secondary N) is 1. The Bertz CT molecular complexity index is 1390. The largest absolute Gasteiger partial charge is 0.322 e. The van der Waals surface area contributed by atoms with E-state index >= 15 is 0 Å². The number of benzene rings is 3. The Hall–Kier alpha value is -3.93. The Kier molecular flexibility index (Phi) is 8.39. The standard InChI is InChI=1S/C31H36N4O2/c1-5-28(29-33-27-15-11-10-14-26(27)30(36)34(29)6-2)35(21-20-23-12-8-7-9-13-23)31(37)32-25-18-16-24(17-19-25)22(3)4/h7-19,22,28H,5-6,20-21H2,1-4H3,(H,32,37). The van der Waals surface area contributed by atoms with Crippen molar-refractivity contribution in [1.82, 2.24) is 14.5 Å². The molecule has 2 amide bonds. The van der Waals surface area contributed by atoms with Crippen LogP contribution in [-0.4, -0.2) is 27.0 Å². The highest BCUT2D eigenvalue weighted by atomic mass is 16.2. The van der Waals surface area contributed by atoms with Crippen LogP contribution in [0.1, 0.15) is 63.0 Å². The van der Waals surface area contributed by atoms with Gasteiger partial charge in [-0.25, -0.2) is 9.78 Å². The summed E-state index contributed by atoms with van der Waals surface area (Å²) < 4.78 is 1.71. The first-order chi connectivity index (χ1) is 17.9. The first kappa shape index (κ1) is 26.1. The number of hydrogen-bond donors (Lipinski definition) is 1. The van der Waals surface area contributed by atoms with Crippen LogP contribution in [0.15, 0.2) is 83.7 Å². The van der Waals surface area contributed by atoms with Gasteiger partial charge in [-0.1, -0.05) is 75.4 Å². The SMILES string of the molecule is CCC(c1nc2ccccc2c(=O)n1CC)N(CCc1ccccc1)C(=O)Nc1ccc(C(C)C)cc1. The zero-order valence-electron chi connectivity index (χ0n) is 22.1. The maximum atomic E-state index is 13.8.